The second-order valence-corrected chi connectivity index (χ2v) is 22.3. The van der Waals surface area contributed by atoms with Crippen LogP contribution in [0.4, 0.5) is 34.1 Å². The Balaban J connectivity index is 1.12. The van der Waals surface area contributed by atoms with Gasteiger partial charge in [-0.2, -0.15) is 0 Å². The van der Waals surface area contributed by atoms with E-state index in [-0.39, 0.29) is 18.4 Å². The number of anilines is 6. The number of fused-ring (bicyclic) bond motifs is 13. The van der Waals surface area contributed by atoms with Gasteiger partial charge in [0.15, 0.2) is 0 Å². The van der Waals surface area contributed by atoms with Gasteiger partial charge >= 0.3 is 0 Å². The highest BCUT2D eigenvalue weighted by atomic mass is 16.5. The lowest BCUT2D eigenvalue weighted by Gasteiger charge is -2.59. The fraction of sp³-hybridized carbons (Fsp3) is 0.229. The van der Waals surface area contributed by atoms with Gasteiger partial charge in [0.2, 0.25) is 6.71 Å². The van der Waals surface area contributed by atoms with E-state index in [0.29, 0.717) is 5.92 Å². The van der Waals surface area contributed by atoms with Gasteiger partial charge in [-0.05, 0) is 163 Å². The second kappa shape index (κ2) is 18.1. The third kappa shape index (κ3) is 7.12. The average Bonchev–Trinajstić information content (AvgIpc) is 4.09. The zero-order chi connectivity index (χ0) is 51.3. The number of hydrogen-bond acceptors (Lipinski definition) is 5. The molecule has 0 N–H and O–H groups in total. The summed E-state index contributed by atoms with van der Waals surface area (Å²) in [5.41, 5.74) is 16.6. The van der Waals surface area contributed by atoms with Crippen LogP contribution in [0.1, 0.15) is 95.2 Å². The molecule has 8 aromatic carbocycles. The number of nitrogens with zero attached hydrogens (tertiary/aromatic N) is 3. The largest absolute Gasteiger partial charge is 0.482 e. The van der Waals surface area contributed by atoms with Gasteiger partial charge in [0, 0.05) is 62.3 Å². The van der Waals surface area contributed by atoms with Crippen LogP contribution < -0.4 is 30.4 Å². The fourth-order valence-corrected chi connectivity index (χ4v) is 14.2. The molecular formula is C70H64BN3O2. The maximum absolute atomic E-state index is 7.16. The zero-order valence-corrected chi connectivity index (χ0v) is 44.3. The van der Waals surface area contributed by atoms with Crippen molar-refractivity contribution in [2.45, 2.75) is 102 Å². The number of unbranched alkanes of at least 4 members (excludes halogenated alkanes) is 1. The summed E-state index contributed by atoms with van der Waals surface area (Å²) in [6.07, 6.45) is 21.0. The maximum atomic E-state index is 7.16. The zero-order valence-electron chi connectivity index (χ0n) is 44.3. The number of furan rings is 1. The Kier molecular flexibility index (Phi) is 11.1. The summed E-state index contributed by atoms with van der Waals surface area (Å²) in [6, 6.07) is 63.9. The Morgan fingerprint density at radius 1 is 0.671 bits per heavy atom. The normalized spacial score (nSPS) is 21.1. The van der Waals surface area contributed by atoms with E-state index in [1.807, 2.05) is 0 Å². The van der Waals surface area contributed by atoms with E-state index in [2.05, 4.69) is 256 Å². The van der Waals surface area contributed by atoms with E-state index in [4.69, 9.17) is 9.15 Å². The van der Waals surface area contributed by atoms with Gasteiger partial charge in [-0.3, -0.25) is 0 Å². The maximum Gasteiger partial charge on any atom is 0.226 e. The van der Waals surface area contributed by atoms with Crippen LogP contribution in [0, 0.1) is 0 Å². The predicted octanol–water partition coefficient (Wildman–Crippen LogP) is 17.4. The van der Waals surface area contributed by atoms with Crippen molar-refractivity contribution in [3.63, 3.8) is 0 Å². The quantitative estimate of drug-likeness (QED) is 0.114. The average molecular weight is 990 g/mol. The SMILES string of the molecule is CCCCc1ccc(N2c3c(ccc4oc5ccccc5c34)B3c4ccc5c(c4N(c4ccc(C(CC)CCC)cc4)C4=CC(N(c6ccccc6)c6ccc7ccccc7c6)=CC2(C)C34)C2C=CC=CC2(C)O5)cc1. The first-order chi connectivity index (χ1) is 37.3. The van der Waals surface area contributed by atoms with Gasteiger partial charge in [-0.1, -0.05) is 155 Å². The Labute approximate surface area is 448 Å². The first-order valence-electron chi connectivity index (χ1n) is 28.0. The van der Waals surface area contributed by atoms with Crippen LogP contribution in [-0.2, 0) is 6.42 Å². The molecule has 5 unspecified atom stereocenters. The van der Waals surface area contributed by atoms with Gasteiger partial charge in [0.25, 0.3) is 0 Å². The summed E-state index contributed by atoms with van der Waals surface area (Å²) < 4.78 is 14.0. The molecule has 9 aromatic rings. The fourth-order valence-electron chi connectivity index (χ4n) is 14.2. The third-order valence-electron chi connectivity index (χ3n) is 17.8. The van der Waals surface area contributed by atoms with E-state index >= 15 is 0 Å². The van der Waals surface area contributed by atoms with Crippen molar-refractivity contribution < 1.29 is 9.15 Å². The lowest BCUT2D eigenvalue weighted by molar-refractivity contribution is 0.155. The van der Waals surface area contributed by atoms with Crippen molar-refractivity contribution in [2.75, 3.05) is 14.7 Å². The minimum Gasteiger partial charge on any atom is -0.482 e. The van der Waals surface area contributed by atoms with Gasteiger partial charge in [-0.25, -0.2) is 0 Å². The summed E-state index contributed by atoms with van der Waals surface area (Å²) in [5.74, 6) is 1.41. The topological polar surface area (TPSA) is 32.1 Å². The molecule has 0 amide bonds. The van der Waals surface area contributed by atoms with Crippen LogP contribution >= 0.6 is 0 Å². The Bertz CT molecular complexity index is 3870. The molecule has 76 heavy (non-hydrogen) atoms. The van der Waals surface area contributed by atoms with Crippen molar-refractivity contribution >= 4 is 84.5 Å². The first-order valence-corrected chi connectivity index (χ1v) is 28.0. The molecule has 0 radical (unpaired) electrons. The molecule has 5 nitrogen and oxygen atoms in total. The van der Waals surface area contributed by atoms with Gasteiger partial charge in [0.1, 0.15) is 22.5 Å². The molecule has 2 aliphatic carbocycles. The lowest BCUT2D eigenvalue weighted by Crippen LogP contribution is -2.68. The molecular weight excluding hydrogens is 926 g/mol. The third-order valence-corrected chi connectivity index (χ3v) is 17.8. The Morgan fingerprint density at radius 2 is 1.42 bits per heavy atom. The summed E-state index contributed by atoms with van der Waals surface area (Å²) in [7, 11) is 0. The standard InChI is InChI=1S/C70H64BN3O2/c1-6-9-20-46-28-33-53(34-29-46)74-67-59(38-40-62-64(67)56-25-15-16-27-61(56)75-62)71-58-39-41-63-65(57-26-17-18-42-70(57,5)76-63)66(58)73(52-35-30-49(31-36-52)47(8-3)19-7-2)60-44-55(45-69(74,4)68(60)71)72(51-23-11-10-12-24-51)54-37-32-48-21-13-14-22-50(48)43-54/h10-18,21-45,47,57,68H,6-9,19-20H2,1-5H3. The molecule has 0 saturated heterocycles. The van der Waals surface area contributed by atoms with E-state index < -0.39 is 11.1 Å². The molecule has 0 fully saturated rings. The number of benzene rings is 8. The van der Waals surface area contributed by atoms with E-state index in [9.17, 15) is 0 Å². The molecule has 6 heteroatoms. The van der Waals surface area contributed by atoms with Crippen LogP contribution in [0.3, 0.4) is 0 Å². The molecule has 374 valence electrons. The number of hydrogen-bond donors (Lipinski definition) is 0. The molecule has 14 rings (SSSR count). The summed E-state index contributed by atoms with van der Waals surface area (Å²) >= 11 is 0. The first kappa shape index (κ1) is 46.6. The monoisotopic (exact) mass is 990 g/mol. The minimum atomic E-state index is -0.666. The van der Waals surface area contributed by atoms with Crippen LogP contribution in [0.25, 0.3) is 32.7 Å². The number of aryl methyl sites for hydroxylation is 1. The highest BCUT2D eigenvalue weighted by Crippen LogP contribution is 2.61. The van der Waals surface area contributed by atoms with Crippen LogP contribution in [0.2, 0.25) is 5.82 Å². The Morgan fingerprint density at radius 3 is 2.22 bits per heavy atom. The highest BCUT2D eigenvalue weighted by molar-refractivity contribution is 6.90. The van der Waals surface area contributed by atoms with E-state index in [0.717, 1.165) is 88.2 Å². The van der Waals surface area contributed by atoms with Crippen LogP contribution in [0.15, 0.2) is 222 Å². The second-order valence-electron chi connectivity index (χ2n) is 22.3. The van der Waals surface area contributed by atoms with Crippen molar-refractivity contribution in [2.24, 2.45) is 0 Å². The molecule has 0 spiro atoms. The molecule has 0 saturated carbocycles. The van der Waals surface area contributed by atoms with Crippen molar-refractivity contribution in [3.05, 3.63) is 234 Å². The van der Waals surface area contributed by atoms with Crippen LogP contribution in [-0.4, -0.2) is 17.9 Å². The molecule has 0 bridgehead atoms. The smallest absolute Gasteiger partial charge is 0.226 e. The van der Waals surface area contributed by atoms with Crippen molar-refractivity contribution in [1.82, 2.24) is 0 Å². The number of allylic oxidation sites excluding steroid dienone is 3. The van der Waals surface area contributed by atoms with Crippen LogP contribution in [0.5, 0.6) is 5.75 Å². The number of para-hydroxylation sites is 2. The van der Waals surface area contributed by atoms with Gasteiger partial charge in [-0.15, -0.1) is 0 Å². The highest BCUT2D eigenvalue weighted by Gasteiger charge is 2.60. The van der Waals surface area contributed by atoms with Crippen molar-refractivity contribution in [1.29, 1.82) is 0 Å². The summed E-state index contributed by atoms with van der Waals surface area (Å²) in [4.78, 5) is 7.90. The summed E-state index contributed by atoms with van der Waals surface area (Å²) in [6.45, 7) is 11.7. The van der Waals surface area contributed by atoms with E-state index in [1.165, 1.54) is 61.9 Å². The number of rotatable bonds is 12. The lowest BCUT2D eigenvalue weighted by atomic mass is 9.26. The Hall–Kier alpha value is -7.96. The molecule has 3 aliphatic heterocycles. The molecule has 5 atom stereocenters. The molecule has 5 aliphatic rings. The number of ether oxygens (including phenoxy) is 1. The van der Waals surface area contributed by atoms with Gasteiger partial charge in [0.05, 0.1) is 16.8 Å². The van der Waals surface area contributed by atoms with E-state index in [1.54, 1.807) is 0 Å². The van der Waals surface area contributed by atoms with Crippen molar-refractivity contribution in [3.8, 4) is 5.75 Å². The minimum absolute atomic E-state index is 0.00452. The summed E-state index contributed by atoms with van der Waals surface area (Å²) in [5, 5.41) is 4.70. The molecule has 4 heterocycles. The molecule has 1 aromatic heterocycles. The predicted molar refractivity (Wildman–Crippen MR) is 320 cm³/mol. The van der Waals surface area contributed by atoms with Gasteiger partial charge < -0.3 is 23.9 Å².